The van der Waals surface area contributed by atoms with Gasteiger partial charge in [0, 0.05) is 5.69 Å². The summed E-state index contributed by atoms with van der Waals surface area (Å²) in [4.78, 5) is 24.1. The van der Waals surface area contributed by atoms with Crippen LogP contribution in [0.1, 0.15) is 25.0 Å². The molecule has 0 radical (unpaired) electrons. The minimum absolute atomic E-state index is 0.0148. The fourth-order valence-corrected chi connectivity index (χ4v) is 3.36. The third kappa shape index (κ3) is 4.92. The van der Waals surface area contributed by atoms with Gasteiger partial charge in [0.15, 0.2) is 0 Å². The van der Waals surface area contributed by atoms with E-state index in [1.807, 2.05) is 45.9 Å². The van der Waals surface area contributed by atoms with Crippen molar-refractivity contribution in [3.8, 4) is 0 Å². The second-order valence-corrected chi connectivity index (χ2v) is 8.09. The number of anilines is 1. The van der Waals surface area contributed by atoms with E-state index in [4.69, 9.17) is 27.9 Å². The highest BCUT2D eigenvalue weighted by molar-refractivity contribution is 6.55. The molecule has 0 aliphatic heterocycles. The number of carbonyl (C=O) groups excluding carboxylic acids is 2. The molecule has 0 unspecified atom stereocenters. The zero-order valence-corrected chi connectivity index (χ0v) is 16.9. The number of benzene rings is 1. The Bertz CT molecular complexity index is 727. The molecular formula is C19H24Cl2N2O3. The number of ether oxygens (including phenoxy) is 1. The quantitative estimate of drug-likeness (QED) is 0.690. The van der Waals surface area contributed by atoms with Crippen LogP contribution in [-0.4, -0.2) is 25.2 Å². The van der Waals surface area contributed by atoms with Gasteiger partial charge in [0.05, 0.1) is 12.5 Å². The van der Waals surface area contributed by atoms with Gasteiger partial charge in [-0.15, -0.1) is 0 Å². The van der Waals surface area contributed by atoms with Crippen molar-refractivity contribution in [1.29, 1.82) is 0 Å². The van der Waals surface area contributed by atoms with Crippen LogP contribution >= 0.6 is 23.2 Å². The fraction of sp³-hybridized carbons (Fsp3) is 0.474. The molecule has 0 heterocycles. The molecule has 2 amide bonds. The molecule has 0 saturated heterocycles. The van der Waals surface area contributed by atoms with Crippen molar-refractivity contribution in [2.45, 2.75) is 27.7 Å². The predicted molar refractivity (Wildman–Crippen MR) is 104 cm³/mol. The average Bonchev–Trinajstić information content (AvgIpc) is 3.08. The Morgan fingerprint density at radius 1 is 1.27 bits per heavy atom. The molecule has 26 heavy (non-hydrogen) atoms. The molecule has 2 rings (SSSR count). The first-order valence-corrected chi connectivity index (χ1v) is 9.20. The highest BCUT2D eigenvalue weighted by atomic mass is 35.5. The molecule has 1 aromatic rings. The lowest BCUT2D eigenvalue weighted by Crippen LogP contribution is -2.31. The number of allylic oxidation sites excluding steroid dienone is 1. The molecule has 1 aliphatic carbocycles. The topological polar surface area (TPSA) is 67.4 Å². The summed E-state index contributed by atoms with van der Waals surface area (Å²) in [6, 6.07) is 5.66. The van der Waals surface area contributed by atoms with Gasteiger partial charge in [-0.3, -0.25) is 10.1 Å². The number of hydrogen-bond acceptors (Lipinski definition) is 3. The van der Waals surface area contributed by atoms with E-state index in [0.29, 0.717) is 5.69 Å². The van der Waals surface area contributed by atoms with Gasteiger partial charge >= 0.3 is 6.09 Å². The van der Waals surface area contributed by atoms with Gasteiger partial charge in [-0.05, 0) is 48.4 Å². The Morgan fingerprint density at radius 2 is 1.96 bits per heavy atom. The lowest BCUT2D eigenvalue weighted by molar-refractivity contribution is -0.123. The van der Waals surface area contributed by atoms with E-state index in [1.54, 1.807) is 6.08 Å². The summed E-state index contributed by atoms with van der Waals surface area (Å²) in [7, 11) is 0. The number of nitrogens with one attached hydrogen (secondary N) is 2. The third-order valence-electron chi connectivity index (χ3n) is 4.97. The summed E-state index contributed by atoms with van der Waals surface area (Å²) in [6.07, 6.45) is 1.15. The van der Waals surface area contributed by atoms with Crippen LogP contribution in [0.3, 0.4) is 0 Å². The molecule has 0 bridgehead atoms. The summed E-state index contributed by atoms with van der Waals surface area (Å²) in [5, 5.41) is 5.49. The summed E-state index contributed by atoms with van der Waals surface area (Å²) < 4.78 is 5.29. The summed E-state index contributed by atoms with van der Waals surface area (Å²) in [5.41, 5.74) is 2.61. The van der Waals surface area contributed by atoms with Crippen LogP contribution in [0, 0.1) is 31.1 Å². The molecular weight excluding hydrogens is 375 g/mol. The Labute approximate surface area is 164 Å². The SMILES string of the molecule is Cc1cccc(NC(=O)OCCNC(=O)[C@H]2[C@H](C=C(Cl)Cl)C2(C)C)c1C. The van der Waals surface area contributed by atoms with Crippen LogP contribution in [-0.2, 0) is 9.53 Å². The van der Waals surface area contributed by atoms with Crippen LogP contribution in [0.5, 0.6) is 0 Å². The maximum Gasteiger partial charge on any atom is 0.411 e. The zero-order valence-electron chi connectivity index (χ0n) is 15.4. The second-order valence-electron chi connectivity index (χ2n) is 7.08. The van der Waals surface area contributed by atoms with E-state index in [-0.39, 0.29) is 40.8 Å². The maximum atomic E-state index is 12.2. The number of halogens is 2. The first kappa shape index (κ1) is 20.6. The third-order valence-corrected chi connectivity index (χ3v) is 5.23. The predicted octanol–water partition coefficient (Wildman–Crippen LogP) is 4.56. The number of rotatable bonds is 6. The van der Waals surface area contributed by atoms with Gasteiger partial charge in [0.2, 0.25) is 5.91 Å². The van der Waals surface area contributed by atoms with Gasteiger partial charge in [-0.2, -0.15) is 0 Å². The molecule has 0 spiro atoms. The van der Waals surface area contributed by atoms with E-state index < -0.39 is 6.09 Å². The molecule has 1 aromatic carbocycles. The van der Waals surface area contributed by atoms with Gasteiger partial charge in [0.1, 0.15) is 11.1 Å². The molecule has 142 valence electrons. The molecule has 0 aromatic heterocycles. The molecule has 1 fully saturated rings. The molecule has 2 atom stereocenters. The van der Waals surface area contributed by atoms with Crippen molar-refractivity contribution in [3.05, 3.63) is 39.9 Å². The molecule has 1 aliphatic rings. The maximum absolute atomic E-state index is 12.2. The number of amides is 2. The van der Waals surface area contributed by atoms with Crippen LogP contribution in [0.15, 0.2) is 28.8 Å². The first-order valence-electron chi connectivity index (χ1n) is 8.45. The van der Waals surface area contributed by atoms with E-state index in [2.05, 4.69) is 10.6 Å². The van der Waals surface area contributed by atoms with Gasteiger partial charge in [-0.1, -0.05) is 49.2 Å². The number of hydrogen-bond donors (Lipinski definition) is 2. The van der Waals surface area contributed by atoms with Crippen molar-refractivity contribution < 1.29 is 14.3 Å². The summed E-state index contributed by atoms with van der Waals surface area (Å²) >= 11 is 11.4. The van der Waals surface area contributed by atoms with Crippen LogP contribution in [0.25, 0.3) is 0 Å². The monoisotopic (exact) mass is 398 g/mol. The van der Waals surface area contributed by atoms with E-state index in [1.165, 1.54) is 0 Å². The molecule has 5 nitrogen and oxygen atoms in total. The first-order chi connectivity index (χ1) is 12.1. The molecule has 2 N–H and O–H groups in total. The van der Waals surface area contributed by atoms with Crippen LogP contribution < -0.4 is 10.6 Å². The van der Waals surface area contributed by atoms with Crippen molar-refractivity contribution in [1.82, 2.24) is 5.32 Å². The largest absolute Gasteiger partial charge is 0.447 e. The van der Waals surface area contributed by atoms with Crippen molar-refractivity contribution in [2.24, 2.45) is 17.3 Å². The number of aryl methyl sites for hydroxylation is 1. The van der Waals surface area contributed by atoms with Gasteiger partial charge in [-0.25, -0.2) is 4.79 Å². The van der Waals surface area contributed by atoms with Crippen LogP contribution in [0.4, 0.5) is 10.5 Å². The number of carbonyl (C=O) groups is 2. The lowest BCUT2D eigenvalue weighted by atomic mass is 10.1. The normalized spacial score (nSPS) is 20.1. The van der Waals surface area contributed by atoms with Gasteiger partial charge in [0.25, 0.3) is 0 Å². The van der Waals surface area contributed by atoms with Crippen molar-refractivity contribution in [2.75, 3.05) is 18.5 Å². The summed E-state index contributed by atoms with van der Waals surface area (Å²) in [5.74, 6) is -0.260. The molecule has 1 saturated carbocycles. The lowest BCUT2D eigenvalue weighted by Gasteiger charge is -2.11. The minimum Gasteiger partial charge on any atom is -0.447 e. The van der Waals surface area contributed by atoms with Crippen molar-refractivity contribution >= 4 is 40.9 Å². The minimum atomic E-state index is -0.547. The van der Waals surface area contributed by atoms with Crippen molar-refractivity contribution in [3.63, 3.8) is 0 Å². The second kappa shape index (κ2) is 8.31. The molecule has 7 heteroatoms. The zero-order chi connectivity index (χ0) is 19.5. The van der Waals surface area contributed by atoms with E-state index in [9.17, 15) is 9.59 Å². The standard InChI is InChI=1S/C19H24Cl2N2O3/c1-11-6-5-7-14(12(11)2)23-18(25)26-9-8-22-17(24)16-13(10-15(20)21)19(16,3)4/h5-7,10,13,16H,8-9H2,1-4H3,(H,22,24)(H,23,25)/t13-,16+/m0/s1. The van der Waals surface area contributed by atoms with E-state index in [0.717, 1.165) is 11.1 Å². The van der Waals surface area contributed by atoms with E-state index >= 15 is 0 Å². The Hall–Kier alpha value is -1.72. The van der Waals surface area contributed by atoms with Gasteiger partial charge < -0.3 is 10.1 Å². The Morgan fingerprint density at radius 3 is 2.62 bits per heavy atom. The smallest absolute Gasteiger partial charge is 0.411 e. The fourth-order valence-electron chi connectivity index (χ4n) is 3.09. The highest BCUT2D eigenvalue weighted by Gasteiger charge is 2.60. The van der Waals surface area contributed by atoms with Crippen LogP contribution in [0.2, 0.25) is 0 Å². The highest BCUT2D eigenvalue weighted by Crippen LogP contribution is 2.59. The Balaban J connectivity index is 1.73. The average molecular weight is 399 g/mol. The Kier molecular flexibility index (Phi) is 6.58. The summed E-state index contributed by atoms with van der Waals surface area (Å²) in [6.45, 7) is 8.22.